The standard InChI is InChI=1S/C19H19N3O3/c1-22-15-10-6-5-9-14(15)16(19(22)25)21-18(24)17(23)20-12-11-13-7-3-2-4-8-13/h2-10,16H,11-12H2,1H3,(H,20,23)(H,21,24)/t16-/m0/s1. The van der Waals surface area contributed by atoms with E-state index in [0.717, 1.165) is 11.3 Å². The summed E-state index contributed by atoms with van der Waals surface area (Å²) in [5.41, 5.74) is 2.51. The fraction of sp³-hybridized carbons (Fsp3) is 0.211. The van der Waals surface area contributed by atoms with E-state index >= 15 is 0 Å². The van der Waals surface area contributed by atoms with Crippen LogP contribution in [0.25, 0.3) is 0 Å². The molecule has 0 fully saturated rings. The molecule has 2 N–H and O–H groups in total. The number of hydrogen-bond donors (Lipinski definition) is 2. The van der Waals surface area contributed by atoms with E-state index in [-0.39, 0.29) is 5.91 Å². The first-order chi connectivity index (χ1) is 12.1. The minimum Gasteiger partial charge on any atom is -0.348 e. The highest BCUT2D eigenvalue weighted by Crippen LogP contribution is 2.34. The number of anilines is 1. The van der Waals surface area contributed by atoms with Gasteiger partial charge in [0.2, 0.25) is 0 Å². The smallest absolute Gasteiger partial charge is 0.310 e. The Morgan fingerprint density at radius 1 is 1.00 bits per heavy atom. The highest BCUT2D eigenvalue weighted by atomic mass is 16.2. The van der Waals surface area contributed by atoms with Crippen LogP contribution < -0.4 is 15.5 Å². The van der Waals surface area contributed by atoms with Gasteiger partial charge in [-0.1, -0.05) is 48.5 Å². The number of nitrogens with zero attached hydrogens (tertiary/aromatic N) is 1. The van der Waals surface area contributed by atoms with Gasteiger partial charge in [-0.15, -0.1) is 0 Å². The zero-order valence-electron chi connectivity index (χ0n) is 13.9. The number of nitrogens with one attached hydrogen (secondary N) is 2. The normalized spacial score (nSPS) is 15.6. The number of para-hydroxylation sites is 1. The van der Waals surface area contributed by atoms with Gasteiger partial charge in [-0.3, -0.25) is 14.4 Å². The topological polar surface area (TPSA) is 78.5 Å². The third-order valence-corrected chi connectivity index (χ3v) is 4.21. The zero-order valence-corrected chi connectivity index (χ0v) is 13.9. The fourth-order valence-corrected chi connectivity index (χ4v) is 2.86. The number of rotatable bonds is 4. The molecular weight excluding hydrogens is 318 g/mol. The second-order valence-corrected chi connectivity index (χ2v) is 5.85. The third kappa shape index (κ3) is 3.52. The predicted octanol–water partition coefficient (Wildman–Crippen LogP) is 1.18. The molecule has 0 bridgehead atoms. The monoisotopic (exact) mass is 337 g/mol. The van der Waals surface area contributed by atoms with Crippen LogP contribution in [0.1, 0.15) is 17.2 Å². The van der Waals surface area contributed by atoms with Crippen molar-refractivity contribution in [2.45, 2.75) is 12.5 Å². The van der Waals surface area contributed by atoms with Gasteiger partial charge in [0.05, 0.1) is 0 Å². The molecule has 6 nitrogen and oxygen atoms in total. The molecule has 0 aromatic heterocycles. The molecule has 2 aromatic carbocycles. The molecule has 0 radical (unpaired) electrons. The van der Waals surface area contributed by atoms with Crippen LogP contribution in [-0.4, -0.2) is 31.3 Å². The first-order valence-electron chi connectivity index (χ1n) is 8.07. The van der Waals surface area contributed by atoms with Crippen molar-refractivity contribution in [2.75, 3.05) is 18.5 Å². The highest BCUT2D eigenvalue weighted by molar-refractivity contribution is 6.35. The van der Waals surface area contributed by atoms with Gasteiger partial charge < -0.3 is 15.5 Å². The molecule has 3 amide bonds. The molecular formula is C19H19N3O3. The van der Waals surface area contributed by atoms with Crippen LogP contribution in [0.4, 0.5) is 5.69 Å². The first kappa shape index (κ1) is 16.7. The van der Waals surface area contributed by atoms with E-state index in [1.165, 1.54) is 4.90 Å². The van der Waals surface area contributed by atoms with E-state index in [9.17, 15) is 14.4 Å². The summed E-state index contributed by atoms with van der Waals surface area (Å²) in [6, 6.07) is 16.0. The maximum atomic E-state index is 12.3. The van der Waals surface area contributed by atoms with Gasteiger partial charge in [-0.05, 0) is 18.1 Å². The molecule has 1 atom stereocenters. The molecule has 0 spiro atoms. The molecule has 2 aromatic rings. The van der Waals surface area contributed by atoms with Gasteiger partial charge in [0.15, 0.2) is 0 Å². The number of carbonyl (C=O) groups excluding carboxylic acids is 3. The van der Waals surface area contributed by atoms with Gasteiger partial charge in [0, 0.05) is 24.8 Å². The number of benzene rings is 2. The molecule has 3 rings (SSSR count). The van der Waals surface area contributed by atoms with Crippen LogP contribution in [0, 0.1) is 0 Å². The highest BCUT2D eigenvalue weighted by Gasteiger charge is 2.36. The molecule has 0 aliphatic carbocycles. The van der Waals surface area contributed by atoms with Gasteiger partial charge in [-0.2, -0.15) is 0 Å². The lowest BCUT2D eigenvalue weighted by molar-refractivity contribution is -0.140. The Hall–Kier alpha value is -3.15. The number of likely N-dealkylation sites (N-methyl/N-ethyl adjacent to an activating group) is 1. The van der Waals surface area contributed by atoms with E-state index in [4.69, 9.17) is 0 Å². The predicted molar refractivity (Wildman–Crippen MR) is 93.9 cm³/mol. The molecule has 0 saturated heterocycles. The second kappa shape index (κ2) is 7.17. The van der Waals surface area contributed by atoms with E-state index < -0.39 is 17.9 Å². The van der Waals surface area contributed by atoms with Gasteiger partial charge >= 0.3 is 11.8 Å². The molecule has 25 heavy (non-hydrogen) atoms. The summed E-state index contributed by atoms with van der Waals surface area (Å²) in [5.74, 6) is -1.81. The van der Waals surface area contributed by atoms with Crippen LogP contribution in [0.15, 0.2) is 54.6 Å². The zero-order chi connectivity index (χ0) is 17.8. The maximum Gasteiger partial charge on any atom is 0.310 e. The van der Waals surface area contributed by atoms with E-state index in [1.807, 2.05) is 36.4 Å². The Labute approximate surface area is 145 Å². The largest absolute Gasteiger partial charge is 0.348 e. The Balaban J connectivity index is 1.57. The van der Waals surface area contributed by atoms with Crippen LogP contribution in [-0.2, 0) is 20.8 Å². The van der Waals surface area contributed by atoms with E-state index in [0.29, 0.717) is 18.5 Å². The van der Waals surface area contributed by atoms with Crippen LogP contribution in [0.3, 0.4) is 0 Å². The molecule has 1 aliphatic rings. The van der Waals surface area contributed by atoms with Crippen molar-refractivity contribution in [3.8, 4) is 0 Å². The summed E-state index contributed by atoms with van der Waals surface area (Å²) in [6.45, 7) is 0.353. The van der Waals surface area contributed by atoms with Crippen molar-refractivity contribution in [3.63, 3.8) is 0 Å². The Morgan fingerprint density at radius 2 is 1.68 bits per heavy atom. The number of hydrogen-bond acceptors (Lipinski definition) is 3. The maximum absolute atomic E-state index is 12.3. The minimum absolute atomic E-state index is 0.258. The fourth-order valence-electron chi connectivity index (χ4n) is 2.86. The summed E-state index contributed by atoms with van der Waals surface area (Å²) >= 11 is 0. The van der Waals surface area contributed by atoms with Crippen molar-refractivity contribution >= 4 is 23.4 Å². The van der Waals surface area contributed by atoms with Crippen LogP contribution in [0.2, 0.25) is 0 Å². The Kier molecular flexibility index (Phi) is 4.79. The lowest BCUT2D eigenvalue weighted by Gasteiger charge is -2.13. The number of amides is 3. The van der Waals surface area contributed by atoms with Crippen molar-refractivity contribution in [2.24, 2.45) is 0 Å². The average molecular weight is 337 g/mol. The molecule has 0 unspecified atom stereocenters. The van der Waals surface area contributed by atoms with Crippen molar-refractivity contribution in [3.05, 3.63) is 65.7 Å². The Morgan fingerprint density at radius 3 is 2.44 bits per heavy atom. The second-order valence-electron chi connectivity index (χ2n) is 5.85. The van der Waals surface area contributed by atoms with Crippen LogP contribution in [0.5, 0.6) is 0 Å². The summed E-state index contributed by atoms with van der Waals surface area (Å²) in [5, 5.41) is 5.10. The summed E-state index contributed by atoms with van der Waals surface area (Å²) in [7, 11) is 1.65. The summed E-state index contributed by atoms with van der Waals surface area (Å²) < 4.78 is 0. The van der Waals surface area contributed by atoms with Crippen molar-refractivity contribution < 1.29 is 14.4 Å². The van der Waals surface area contributed by atoms with Gasteiger partial charge in [0.1, 0.15) is 6.04 Å². The SMILES string of the molecule is CN1C(=O)[C@@H](NC(=O)C(=O)NCCc2ccccc2)c2ccccc21. The van der Waals surface area contributed by atoms with Crippen LogP contribution >= 0.6 is 0 Å². The summed E-state index contributed by atoms with van der Waals surface area (Å²) in [4.78, 5) is 37.9. The Bertz CT molecular complexity index is 805. The lowest BCUT2D eigenvalue weighted by atomic mass is 10.1. The molecule has 128 valence electrons. The molecule has 6 heteroatoms. The minimum atomic E-state index is -0.825. The third-order valence-electron chi connectivity index (χ3n) is 4.21. The van der Waals surface area contributed by atoms with Gasteiger partial charge in [-0.25, -0.2) is 0 Å². The molecule has 0 saturated carbocycles. The molecule has 1 heterocycles. The lowest BCUT2D eigenvalue weighted by Crippen LogP contribution is -2.44. The summed E-state index contributed by atoms with van der Waals surface area (Å²) in [6.07, 6.45) is 0.633. The van der Waals surface area contributed by atoms with Crippen molar-refractivity contribution in [1.82, 2.24) is 10.6 Å². The number of carbonyl (C=O) groups is 3. The quantitative estimate of drug-likeness (QED) is 0.823. The van der Waals surface area contributed by atoms with E-state index in [2.05, 4.69) is 10.6 Å². The number of fused-ring (bicyclic) bond motifs is 1. The van der Waals surface area contributed by atoms with E-state index in [1.54, 1.807) is 25.2 Å². The van der Waals surface area contributed by atoms with Gasteiger partial charge in [0.25, 0.3) is 5.91 Å². The average Bonchev–Trinajstić information content (AvgIpc) is 2.88. The van der Waals surface area contributed by atoms with Crippen molar-refractivity contribution in [1.29, 1.82) is 0 Å². The molecule has 1 aliphatic heterocycles. The first-order valence-corrected chi connectivity index (χ1v) is 8.07.